The molecule has 1 aromatic heterocycles. The lowest BCUT2D eigenvalue weighted by molar-refractivity contribution is 0.0943. The quantitative estimate of drug-likeness (QED) is 0.905. The topological polar surface area (TPSA) is 45.2 Å². The average molecular weight is 261 g/mol. The summed E-state index contributed by atoms with van der Waals surface area (Å²) in [6.45, 7) is 0.804. The van der Waals surface area contributed by atoms with Gasteiger partial charge in [-0.1, -0.05) is 19.3 Å². The van der Waals surface area contributed by atoms with E-state index >= 15 is 0 Å². The summed E-state index contributed by atoms with van der Waals surface area (Å²) >= 11 is 0. The molecule has 1 saturated carbocycles. The number of nitrogens with one attached hydrogen (secondary N) is 1. The maximum absolute atomic E-state index is 12.1. The second kappa shape index (κ2) is 6.55. The number of carbonyl (C=O) groups is 1. The molecule has 1 N–H and O–H groups in total. The van der Waals surface area contributed by atoms with Gasteiger partial charge in [-0.25, -0.2) is 4.98 Å². The molecule has 1 fully saturated rings. The zero-order valence-corrected chi connectivity index (χ0v) is 11.9. The molecule has 1 aliphatic carbocycles. The van der Waals surface area contributed by atoms with Crippen molar-refractivity contribution in [2.75, 3.05) is 25.5 Å². The third kappa shape index (κ3) is 3.94. The molecule has 2 rings (SSSR count). The van der Waals surface area contributed by atoms with Crippen LogP contribution in [-0.2, 0) is 0 Å². The van der Waals surface area contributed by atoms with E-state index < -0.39 is 0 Å². The maximum atomic E-state index is 12.1. The Bertz CT molecular complexity index is 425. The van der Waals surface area contributed by atoms with Crippen LogP contribution in [0.25, 0.3) is 0 Å². The molecule has 0 atom stereocenters. The van der Waals surface area contributed by atoms with Gasteiger partial charge in [-0.05, 0) is 30.9 Å². The number of rotatable bonds is 4. The fourth-order valence-electron chi connectivity index (χ4n) is 2.53. The minimum Gasteiger partial charge on any atom is -0.363 e. The van der Waals surface area contributed by atoms with E-state index in [-0.39, 0.29) is 5.91 Å². The highest BCUT2D eigenvalue weighted by molar-refractivity contribution is 5.94. The lowest BCUT2D eigenvalue weighted by Gasteiger charge is -2.21. The van der Waals surface area contributed by atoms with Gasteiger partial charge in [0.2, 0.25) is 0 Å². The first-order chi connectivity index (χ1) is 9.16. The maximum Gasteiger partial charge on any atom is 0.251 e. The molecule has 0 aliphatic heterocycles. The van der Waals surface area contributed by atoms with Crippen molar-refractivity contribution in [2.45, 2.75) is 32.1 Å². The van der Waals surface area contributed by atoms with Crippen molar-refractivity contribution in [3.05, 3.63) is 23.9 Å². The van der Waals surface area contributed by atoms with Crippen molar-refractivity contribution in [1.29, 1.82) is 0 Å². The van der Waals surface area contributed by atoms with Gasteiger partial charge in [0.05, 0.1) is 0 Å². The molecular weight excluding hydrogens is 238 g/mol. The molecule has 1 heterocycles. The molecule has 19 heavy (non-hydrogen) atoms. The van der Waals surface area contributed by atoms with E-state index in [4.69, 9.17) is 0 Å². The van der Waals surface area contributed by atoms with Crippen LogP contribution < -0.4 is 10.2 Å². The highest BCUT2D eigenvalue weighted by atomic mass is 16.1. The number of hydrogen-bond acceptors (Lipinski definition) is 3. The van der Waals surface area contributed by atoms with E-state index in [1.165, 1.54) is 32.1 Å². The third-order valence-electron chi connectivity index (χ3n) is 3.74. The van der Waals surface area contributed by atoms with E-state index in [1.807, 2.05) is 25.1 Å². The molecule has 104 valence electrons. The van der Waals surface area contributed by atoms with Gasteiger partial charge in [-0.2, -0.15) is 0 Å². The van der Waals surface area contributed by atoms with Gasteiger partial charge in [0.25, 0.3) is 5.91 Å². The minimum absolute atomic E-state index is 0.0103. The van der Waals surface area contributed by atoms with Gasteiger partial charge < -0.3 is 10.2 Å². The largest absolute Gasteiger partial charge is 0.363 e. The van der Waals surface area contributed by atoms with Crippen LogP contribution in [0.4, 0.5) is 5.82 Å². The monoisotopic (exact) mass is 261 g/mol. The second-order valence-electron chi connectivity index (χ2n) is 5.51. The Morgan fingerprint density at radius 1 is 1.37 bits per heavy atom. The van der Waals surface area contributed by atoms with Gasteiger partial charge in [0.15, 0.2) is 0 Å². The van der Waals surface area contributed by atoms with E-state index in [1.54, 1.807) is 12.3 Å². The Kier molecular flexibility index (Phi) is 4.77. The molecule has 0 unspecified atom stereocenters. The number of carbonyl (C=O) groups excluding carboxylic acids is 1. The molecule has 4 nitrogen and oxygen atoms in total. The van der Waals surface area contributed by atoms with Gasteiger partial charge >= 0.3 is 0 Å². The van der Waals surface area contributed by atoms with Crippen molar-refractivity contribution in [3.63, 3.8) is 0 Å². The summed E-state index contributed by atoms with van der Waals surface area (Å²) in [5, 5.41) is 3.05. The Morgan fingerprint density at radius 2 is 2.11 bits per heavy atom. The highest BCUT2D eigenvalue weighted by Crippen LogP contribution is 2.22. The predicted molar refractivity (Wildman–Crippen MR) is 77.5 cm³/mol. The summed E-state index contributed by atoms with van der Waals surface area (Å²) < 4.78 is 0. The van der Waals surface area contributed by atoms with Crippen molar-refractivity contribution in [3.8, 4) is 0 Å². The highest BCUT2D eigenvalue weighted by Gasteiger charge is 2.15. The first-order valence-corrected chi connectivity index (χ1v) is 7.08. The van der Waals surface area contributed by atoms with Crippen molar-refractivity contribution < 1.29 is 4.79 Å². The van der Waals surface area contributed by atoms with Crippen LogP contribution in [0.5, 0.6) is 0 Å². The Balaban J connectivity index is 1.90. The summed E-state index contributed by atoms with van der Waals surface area (Å²) in [6, 6.07) is 3.60. The standard InChI is InChI=1S/C15H23N3O/c1-18(2)14-10-13(8-9-16-14)15(19)17-11-12-6-4-3-5-7-12/h8-10,12H,3-7,11H2,1-2H3,(H,17,19). The van der Waals surface area contributed by atoms with Crippen LogP contribution in [0.2, 0.25) is 0 Å². The van der Waals surface area contributed by atoms with Gasteiger partial charge in [0.1, 0.15) is 5.82 Å². The summed E-state index contributed by atoms with van der Waals surface area (Å²) in [7, 11) is 3.85. The Morgan fingerprint density at radius 3 is 2.79 bits per heavy atom. The molecule has 1 amide bonds. The molecule has 0 aromatic carbocycles. The van der Waals surface area contributed by atoms with E-state index in [0.717, 1.165) is 12.4 Å². The first-order valence-electron chi connectivity index (χ1n) is 7.08. The first kappa shape index (κ1) is 13.8. The van der Waals surface area contributed by atoms with E-state index in [0.29, 0.717) is 11.5 Å². The fourth-order valence-corrected chi connectivity index (χ4v) is 2.53. The number of hydrogen-bond donors (Lipinski definition) is 1. The molecule has 0 radical (unpaired) electrons. The number of amides is 1. The lowest BCUT2D eigenvalue weighted by atomic mass is 9.89. The van der Waals surface area contributed by atoms with Crippen LogP contribution >= 0.6 is 0 Å². The van der Waals surface area contributed by atoms with Crippen LogP contribution in [0.1, 0.15) is 42.5 Å². The van der Waals surface area contributed by atoms with E-state index in [9.17, 15) is 4.79 Å². The summed E-state index contributed by atoms with van der Waals surface area (Å²) in [4.78, 5) is 18.2. The van der Waals surface area contributed by atoms with Crippen LogP contribution in [0, 0.1) is 5.92 Å². The molecule has 0 spiro atoms. The molecule has 4 heteroatoms. The Labute approximate surface area is 115 Å². The fraction of sp³-hybridized carbons (Fsp3) is 0.600. The van der Waals surface area contributed by atoms with Crippen molar-refractivity contribution >= 4 is 11.7 Å². The van der Waals surface area contributed by atoms with Crippen molar-refractivity contribution in [2.24, 2.45) is 5.92 Å². The normalized spacial score (nSPS) is 16.1. The lowest BCUT2D eigenvalue weighted by Crippen LogP contribution is -2.30. The summed E-state index contributed by atoms with van der Waals surface area (Å²) in [5.41, 5.74) is 0.689. The minimum atomic E-state index is 0.0103. The smallest absolute Gasteiger partial charge is 0.251 e. The average Bonchev–Trinajstić information content (AvgIpc) is 2.46. The molecule has 1 aromatic rings. The Hall–Kier alpha value is -1.58. The summed E-state index contributed by atoms with van der Waals surface area (Å²) in [5.74, 6) is 1.48. The molecule has 0 saturated heterocycles. The zero-order chi connectivity index (χ0) is 13.7. The van der Waals surface area contributed by atoms with Crippen LogP contribution in [0.3, 0.4) is 0 Å². The molecule has 1 aliphatic rings. The second-order valence-corrected chi connectivity index (χ2v) is 5.51. The van der Waals surface area contributed by atoms with Crippen LogP contribution in [0.15, 0.2) is 18.3 Å². The number of anilines is 1. The van der Waals surface area contributed by atoms with E-state index in [2.05, 4.69) is 10.3 Å². The van der Waals surface area contributed by atoms with Crippen LogP contribution in [-0.4, -0.2) is 31.5 Å². The van der Waals surface area contributed by atoms with Gasteiger partial charge in [-0.15, -0.1) is 0 Å². The number of pyridine rings is 1. The number of nitrogens with zero attached hydrogens (tertiary/aromatic N) is 2. The SMILES string of the molecule is CN(C)c1cc(C(=O)NCC2CCCCC2)ccn1. The molecule has 0 bridgehead atoms. The number of aromatic nitrogens is 1. The predicted octanol–water partition coefficient (Wildman–Crippen LogP) is 2.46. The molecular formula is C15H23N3O. The summed E-state index contributed by atoms with van der Waals surface area (Å²) in [6.07, 6.45) is 8.14. The van der Waals surface area contributed by atoms with Gasteiger partial charge in [-0.3, -0.25) is 4.79 Å². The third-order valence-corrected chi connectivity index (χ3v) is 3.74. The zero-order valence-electron chi connectivity index (χ0n) is 11.9. The van der Waals surface area contributed by atoms with Gasteiger partial charge in [0, 0.05) is 32.4 Å². The van der Waals surface area contributed by atoms with Crippen molar-refractivity contribution in [1.82, 2.24) is 10.3 Å².